The maximum Gasteiger partial charge on any atom is 0.232 e. The molecule has 27 heavy (non-hydrogen) atoms. The number of carbonyl (C=O) groups is 1. The number of primary amides is 1. The van der Waals surface area contributed by atoms with Crippen LogP contribution in [0, 0.1) is 5.41 Å². The molecule has 2 saturated heterocycles. The van der Waals surface area contributed by atoms with Crippen LogP contribution in [0.3, 0.4) is 0 Å². The van der Waals surface area contributed by atoms with E-state index in [-0.39, 0.29) is 11.3 Å². The molecule has 2 aliphatic heterocycles. The van der Waals surface area contributed by atoms with Crippen LogP contribution in [-0.2, 0) is 10.2 Å². The molecule has 2 unspecified atom stereocenters. The quantitative estimate of drug-likeness (QED) is 0.870. The van der Waals surface area contributed by atoms with E-state index in [9.17, 15) is 4.79 Å². The molecule has 2 fully saturated rings. The number of rotatable bonds is 5. The predicted octanol–water partition coefficient (Wildman–Crippen LogP) is 4.11. The molecule has 142 valence electrons. The van der Waals surface area contributed by atoms with Gasteiger partial charge in [-0.2, -0.15) is 0 Å². The second kappa shape index (κ2) is 6.79. The fourth-order valence-corrected chi connectivity index (χ4v) is 5.78. The van der Waals surface area contributed by atoms with Crippen molar-refractivity contribution >= 4 is 5.91 Å². The molecular weight excluding hydrogens is 332 g/mol. The second-order valence-corrected chi connectivity index (χ2v) is 8.95. The number of hydrogen-bond donors (Lipinski definition) is 1. The second-order valence-electron chi connectivity index (χ2n) is 8.95. The molecule has 2 atom stereocenters. The zero-order valence-electron chi connectivity index (χ0n) is 16.4. The van der Waals surface area contributed by atoms with Crippen LogP contribution in [0.15, 0.2) is 60.7 Å². The minimum absolute atomic E-state index is 0.0963. The highest BCUT2D eigenvalue weighted by Gasteiger charge is 2.51. The van der Waals surface area contributed by atoms with E-state index >= 15 is 0 Å². The summed E-state index contributed by atoms with van der Waals surface area (Å²) in [6.07, 6.45) is 5.58. The average Bonchev–Trinajstić information content (AvgIpc) is 2.90. The third-order valence-electron chi connectivity index (χ3n) is 7.09. The fraction of sp³-hybridized carbons (Fsp3) is 0.458. The molecule has 2 bridgehead atoms. The van der Waals surface area contributed by atoms with Gasteiger partial charge in [0.2, 0.25) is 5.91 Å². The van der Waals surface area contributed by atoms with Crippen LogP contribution < -0.4 is 5.73 Å². The Morgan fingerprint density at radius 2 is 1.44 bits per heavy atom. The maximum absolute atomic E-state index is 13.1. The van der Waals surface area contributed by atoms with E-state index in [1.54, 1.807) is 0 Å². The molecule has 4 rings (SSSR count). The standard InChI is InChI=1S/C24H30N2O/c1-23(15-20-13-14-21(16-23)26(20)2)17-24(22(25)27,18-9-5-3-6-10-18)19-11-7-4-8-12-19/h3-12,20-21H,13-17H2,1-2H3,(H2,25,27). The largest absolute Gasteiger partial charge is 0.369 e. The van der Waals surface area contributed by atoms with Gasteiger partial charge in [-0.3, -0.25) is 4.79 Å². The van der Waals surface area contributed by atoms with E-state index in [1.165, 1.54) is 12.8 Å². The number of nitrogens with zero attached hydrogens (tertiary/aromatic N) is 1. The molecule has 0 radical (unpaired) electrons. The summed E-state index contributed by atoms with van der Waals surface area (Å²) >= 11 is 0. The Morgan fingerprint density at radius 1 is 1.00 bits per heavy atom. The van der Waals surface area contributed by atoms with E-state index in [1.807, 2.05) is 36.4 Å². The smallest absolute Gasteiger partial charge is 0.232 e. The number of hydrogen-bond acceptors (Lipinski definition) is 2. The van der Waals surface area contributed by atoms with Crippen molar-refractivity contribution in [2.24, 2.45) is 11.1 Å². The molecule has 2 heterocycles. The highest BCUT2D eigenvalue weighted by Crippen LogP contribution is 2.52. The van der Waals surface area contributed by atoms with Crippen molar-refractivity contribution in [2.75, 3.05) is 7.05 Å². The highest BCUT2D eigenvalue weighted by molar-refractivity contribution is 5.91. The minimum atomic E-state index is -0.785. The van der Waals surface area contributed by atoms with E-state index in [2.05, 4.69) is 43.1 Å². The fourth-order valence-electron chi connectivity index (χ4n) is 5.78. The van der Waals surface area contributed by atoms with Crippen LogP contribution in [0.2, 0.25) is 0 Å². The monoisotopic (exact) mass is 362 g/mol. The Hall–Kier alpha value is -2.13. The average molecular weight is 363 g/mol. The molecule has 0 spiro atoms. The van der Waals surface area contributed by atoms with Crippen LogP contribution in [0.25, 0.3) is 0 Å². The van der Waals surface area contributed by atoms with Crippen LogP contribution in [0.1, 0.15) is 50.2 Å². The highest BCUT2D eigenvalue weighted by atomic mass is 16.1. The molecule has 2 aromatic rings. The van der Waals surface area contributed by atoms with E-state index < -0.39 is 5.41 Å². The first-order valence-corrected chi connectivity index (χ1v) is 10.1. The first-order valence-electron chi connectivity index (χ1n) is 10.1. The molecule has 2 aromatic carbocycles. The lowest BCUT2D eigenvalue weighted by Crippen LogP contribution is -2.50. The Bertz CT molecular complexity index is 748. The summed E-state index contributed by atoms with van der Waals surface area (Å²) in [6.45, 7) is 2.37. The molecule has 0 aromatic heterocycles. The van der Waals surface area contributed by atoms with Crippen molar-refractivity contribution in [1.82, 2.24) is 4.90 Å². The van der Waals surface area contributed by atoms with Crippen molar-refractivity contribution in [3.8, 4) is 0 Å². The Balaban J connectivity index is 1.80. The van der Waals surface area contributed by atoms with Gasteiger partial charge in [-0.15, -0.1) is 0 Å². The molecule has 1 amide bonds. The van der Waals surface area contributed by atoms with Gasteiger partial charge in [0.05, 0.1) is 5.41 Å². The normalized spacial score (nSPS) is 28.2. The lowest BCUT2D eigenvalue weighted by molar-refractivity contribution is -0.123. The number of carbonyl (C=O) groups excluding carboxylic acids is 1. The molecule has 2 aliphatic rings. The summed E-state index contributed by atoms with van der Waals surface area (Å²) in [5, 5.41) is 0. The van der Waals surface area contributed by atoms with Gasteiger partial charge in [-0.05, 0) is 55.7 Å². The number of benzene rings is 2. The summed E-state index contributed by atoms with van der Waals surface area (Å²) in [4.78, 5) is 15.6. The summed E-state index contributed by atoms with van der Waals surface area (Å²) in [7, 11) is 2.26. The Kier molecular flexibility index (Phi) is 4.59. The Morgan fingerprint density at radius 3 is 1.85 bits per heavy atom. The van der Waals surface area contributed by atoms with Crippen LogP contribution in [-0.4, -0.2) is 29.9 Å². The topological polar surface area (TPSA) is 46.3 Å². The van der Waals surface area contributed by atoms with Gasteiger partial charge in [0, 0.05) is 12.1 Å². The van der Waals surface area contributed by atoms with Gasteiger partial charge < -0.3 is 10.6 Å². The van der Waals surface area contributed by atoms with Crippen LogP contribution >= 0.6 is 0 Å². The van der Waals surface area contributed by atoms with E-state index in [0.29, 0.717) is 12.1 Å². The first kappa shape index (κ1) is 18.2. The van der Waals surface area contributed by atoms with Crippen molar-refractivity contribution in [3.05, 3.63) is 71.8 Å². The zero-order chi connectivity index (χ0) is 19.1. The zero-order valence-corrected chi connectivity index (χ0v) is 16.4. The van der Waals surface area contributed by atoms with Gasteiger partial charge in [0.15, 0.2) is 0 Å². The summed E-state index contributed by atoms with van der Waals surface area (Å²) in [5.74, 6) is -0.243. The lowest BCUT2D eigenvalue weighted by Gasteiger charge is -2.47. The van der Waals surface area contributed by atoms with Crippen molar-refractivity contribution in [1.29, 1.82) is 0 Å². The predicted molar refractivity (Wildman–Crippen MR) is 109 cm³/mol. The summed E-state index contributed by atoms with van der Waals surface area (Å²) in [6, 6.07) is 21.5. The van der Waals surface area contributed by atoms with Gasteiger partial charge in [-0.25, -0.2) is 0 Å². The number of amides is 1. The van der Waals surface area contributed by atoms with Gasteiger partial charge >= 0.3 is 0 Å². The molecule has 0 aliphatic carbocycles. The lowest BCUT2D eigenvalue weighted by atomic mass is 9.61. The van der Waals surface area contributed by atoms with Crippen LogP contribution in [0.5, 0.6) is 0 Å². The maximum atomic E-state index is 13.1. The first-order chi connectivity index (χ1) is 12.9. The van der Waals surface area contributed by atoms with Crippen molar-refractivity contribution in [3.63, 3.8) is 0 Å². The molecule has 3 nitrogen and oxygen atoms in total. The third kappa shape index (κ3) is 3.08. The van der Waals surface area contributed by atoms with Gasteiger partial charge in [0.25, 0.3) is 0 Å². The van der Waals surface area contributed by atoms with Crippen molar-refractivity contribution < 1.29 is 4.79 Å². The summed E-state index contributed by atoms with van der Waals surface area (Å²) in [5.41, 5.74) is 7.51. The minimum Gasteiger partial charge on any atom is -0.369 e. The third-order valence-corrected chi connectivity index (χ3v) is 7.09. The molecule has 2 N–H and O–H groups in total. The van der Waals surface area contributed by atoms with Crippen molar-refractivity contribution in [2.45, 2.75) is 56.5 Å². The molecule has 3 heteroatoms. The molecular formula is C24H30N2O. The number of piperidine rings is 1. The van der Waals surface area contributed by atoms with E-state index in [4.69, 9.17) is 5.73 Å². The SMILES string of the molecule is CN1C2CCC1CC(C)(CC(C(N)=O)(c1ccccc1)c1ccccc1)C2. The van der Waals surface area contributed by atoms with Crippen LogP contribution in [0.4, 0.5) is 0 Å². The van der Waals surface area contributed by atoms with Gasteiger partial charge in [0.1, 0.15) is 0 Å². The number of fused-ring (bicyclic) bond motifs is 2. The van der Waals surface area contributed by atoms with E-state index in [0.717, 1.165) is 30.4 Å². The number of nitrogens with two attached hydrogens (primary N) is 1. The van der Waals surface area contributed by atoms with Gasteiger partial charge in [-0.1, -0.05) is 67.6 Å². The summed E-state index contributed by atoms with van der Waals surface area (Å²) < 4.78 is 0. The molecule has 0 saturated carbocycles. The Labute approximate surface area is 162 Å².